The molecule has 6 heteroatoms. The summed E-state index contributed by atoms with van der Waals surface area (Å²) in [6.45, 7) is 0. The van der Waals surface area contributed by atoms with Crippen molar-refractivity contribution in [3.05, 3.63) is 70.5 Å². The molecule has 0 aromatic heterocycles. The molecule has 0 spiro atoms. The van der Waals surface area contributed by atoms with E-state index in [0.717, 1.165) is 12.1 Å². The van der Waals surface area contributed by atoms with Crippen LogP contribution in [0.15, 0.2) is 48.5 Å². The zero-order valence-electron chi connectivity index (χ0n) is 10.7. The van der Waals surface area contributed by atoms with Crippen LogP contribution in [0.3, 0.4) is 0 Å². The van der Waals surface area contributed by atoms with Gasteiger partial charge in [-0.05, 0) is 23.8 Å². The number of nitrogens with one attached hydrogen (secondary N) is 1. The Morgan fingerprint density at radius 1 is 1.14 bits per heavy atom. The van der Waals surface area contributed by atoms with Crippen LogP contribution in [0.25, 0.3) is 0 Å². The van der Waals surface area contributed by atoms with Crippen molar-refractivity contribution >= 4 is 23.5 Å². The maximum absolute atomic E-state index is 13.6. The molecule has 4 nitrogen and oxygen atoms in total. The zero-order valence-corrected chi connectivity index (χ0v) is 11.5. The van der Waals surface area contributed by atoms with Crippen LogP contribution in [0, 0.1) is 5.82 Å². The van der Waals surface area contributed by atoms with Gasteiger partial charge in [-0.3, -0.25) is 4.79 Å². The zero-order chi connectivity index (χ0) is 15.4. The fraction of sp³-hybridized carbons (Fsp3) is 0.0667. The highest BCUT2D eigenvalue weighted by Gasteiger charge is 2.23. The van der Waals surface area contributed by atoms with Gasteiger partial charge in [0.1, 0.15) is 5.82 Å². The highest BCUT2D eigenvalue weighted by molar-refractivity contribution is 6.31. The van der Waals surface area contributed by atoms with Crippen LogP contribution in [0.2, 0.25) is 5.02 Å². The number of aliphatic carboxylic acids is 1. The topological polar surface area (TPSA) is 66.4 Å². The molecule has 1 amide bonds. The van der Waals surface area contributed by atoms with E-state index in [9.17, 15) is 19.1 Å². The van der Waals surface area contributed by atoms with Crippen LogP contribution in [0.1, 0.15) is 22.0 Å². The molecular weight excluding hydrogens is 297 g/mol. The van der Waals surface area contributed by atoms with E-state index in [1.54, 1.807) is 30.3 Å². The summed E-state index contributed by atoms with van der Waals surface area (Å²) in [5, 5.41) is 11.7. The minimum absolute atomic E-state index is 0.188. The van der Waals surface area contributed by atoms with Crippen molar-refractivity contribution in [2.24, 2.45) is 0 Å². The number of carboxylic acids is 1. The first-order valence-electron chi connectivity index (χ1n) is 6.02. The number of benzene rings is 2. The monoisotopic (exact) mass is 307 g/mol. The van der Waals surface area contributed by atoms with Gasteiger partial charge in [0.2, 0.25) is 0 Å². The molecule has 0 bridgehead atoms. The highest BCUT2D eigenvalue weighted by Crippen LogP contribution is 2.18. The van der Waals surface area contributed by atoms with E-state index in [4.69, 9.17) is 11.6 Å². The van der Waals surface area contributed by atoms with Crippen molar-refractivity contribution in [1.29, 1.82) is 0 Å². The van der Waals surface area contributed by atoms with Gasteiger partial charge in [0.05, 0.1) is 5.56 Å². The second-order valence-electron chi connectivity index (χ2n) is 4.28. The van der Waals surface area contributed by atoms with E-state index in [1.165, 1.54) is 6.07 Å². The summed E-state index contributed by atoms with van der Waals surface area (Å²) in [6, 6.07) is 10.4. The van der Waals surface area contributed by atoms with E-state index in [1.807, 2.05) is 0 Å². The summed E-state index contributed by atoms with van der Waals surface area (Å²) in [5.41, 5.74) is 0.0884. The molecular formula is C15H11ClFNO3. The number of amides is 1. The predicted molar refractivity (Wildman–Crippen MR) is 75.7 cm³/mol. The number of rotatable bonds is 4. The molecule has 0 fully saturated rings. The number of carbonyl (C=O) groups is 2. The first kappa shape index (κ1) is 15.0. The van der Waals surface area contributed by atoms with Crippen LogP contribution < -0.4 is 5.32 Å². The van der Waals surface area contributed by atoms with Crippen LogP contribution >= 0.6 is 11.6 Å². The quantitative estimate of drug-likeness (QED) is 0.912. The number of carboxylic acid groups (broad SMARTS) is 1. The second-order valence-corrected chi connectivity index (χ2v) is 4.72. The molecule has 0 unspecified atom stereocenters. The van der Waals surface area contributed by atoms with Crippen molar-refractivity contribution < 1.29 is 19.1 Å². The Morgan fingerprint density at radius 2 is 1.81 bits per heavy atom. The lowest BCUT2D eigenvalue weighted by Gasteiger charge is -2.15. The first-order valence-corrected chi connectivity index (χ1v) is 6.40. The standard InChI is InChI=1S/C15H11ClFNO3/c16-10-6-7-12(17)11(8-10)14(19)18-13(15(20)21)9-4-2-1-3-5-9/h1-8,13H,(H,18,19)(H,20,21)/t13-/m0/s1. The summed E-state index contributed by atoms with van der Waals surface area (Å²) in [6.07, 6.45) is 0. The van der Waals surface area contributed by atoms with E-state index in [2.05, 4.69) is 5.32 Å². The molecule has 2 aromatic rings. The molecule has 108 valence electrons. The van der Waals surface area contributed by atoms with Gasteiger partial charge in [-0.1, -0.05) is 41.9 Å². The van der Waals surface area contributed by atoms with Gasteiger partial charge in [0.25, 0.3) is 5.91 Å². The Kier molecular flexibility index (Phi) is 4.55. The maximum atomic E-state index is 13.6. The third-order valence-electron chi connectivity index (χ3n) is 2.83. The molecule has 0 saturated carbocycles. The van der Waals surface area contributed by atoms with E-state index in [0.29, 0.717) is 5.56 Å². The number of hydrogen-bond donors (Lipinski definition) is 2. The predicted octanol–water partition coefficient (Wildman–Crippen LogP) is 3.03. The van der Waals surface area contributed by atoms with Gasteiger partial charge in [0, 0.05) is 5.02 Å². The van der Waals surface area contributed by atoms with E-state index < -0.39 is 23.7 Å². The number of hydrogen-bond acceptors (Lipinski definition) is 2. The van der Waals surface area contributed by atoms with Gasteiger partial charge < -0.3 is 10.4 Å². The van der Waals surface area contributed by atoms with Gasteiger partial charge in [0.15, 0.2) is 6.04 Å². The fourth-order valence-corrected chi connectivity index (χ4v) is 1.99. The minimum atomic E-state index is -1.27. The molecule has 2 N–H and O–H groups in total. The van der Waals surface area contributed by atoms with E-state index >= 15 is 0 Å². The van der Waals surface area contributed by atoms with E-state index in [-0.39, 0.29) is 10.6 Å². The number of carbonyl (C=O) groups excluding carboxylic acids is 1. The SMILES string of the molecule is O=C(N[C@H](C(=O)O)c1ccccc1)c1cc(Cl)ccc1F. The molecule has 21 heavy (non-hydrogen) atoms. The van der Waals surface area contributed by atoms with Crippen molar-refractivity contribution in [1.82, 2.24) is 5.32 Å². The Balaban J connectivity index is 2.27. The summed E-state index contributed by atoms with van der Waals surface area (Å²) in [7, 11) is 0. The number of halogens is 2. The molecule has 2 aromatic carbocycles. The molecule has 2 rings (SSSR count). The van der Waals surface area contributed by atoms with Crippen molar-refractivity contribution in [3.8, 4) is 0 Å². The maximum Gasteiger partial charge on any atom is 0.330 e. The fourth-order valence-electron chi connectivity index (χ4n) is 1.81. The summed E-state index contributed by atoms with van der Waals surface area (Å²) < 4.78 is 13.6. The Labute approximate surface area is 125 Å². The van der Waals surface area contributed by atoms with Crippen LogP contribution in [0.4, 0.5) is 4.39 Å². The van der Waals surface area contributed by atoms with Crippen LogP contribution in [-0.4, -0.2) is 17.0 Å². The minimum Gasteiger partial charge on any atom is -0.479 e. The summed E-state index contributed by atoms with van der Waals surface area (Å²) in [4.78, 5) is 23.3. The smallest absolute Gasteiger partial charge is 0.330 e. The lowest BCUT2D eigenvalue weighted by molar-refractivity contribution is -0.139. The van der Waals surface area contributed by atoms with Crippen molar-refractivity contribution in [2.45, 2.75) is 6.04 Å². The Bertz CT molecular complexity index is 676. The lowest BCUT2D eigenvalue weighted by atomic mass is 10.1. The van der Waals surface area contributed by atoms with Gasteiger partial charge in [-0.2, -0.15) is 0 Å². The van der Waals surface area contributed by atoms with Crippen molar-refractivity contribution in [2.75, 3.05) is 0 Å². The average Bonchev–Trinajstić information content (AvgIpc) is 2.47. The molecule has 0 radical (unpaired) electrons. The third-order valence-corrected chi connectivity index (χ3v) is 3.06. The molecule has 0 aliphatic rings. The molecule has 0 aliphatic heterocycles. The van der Waals surface area contributed by atoms with Gasteiger partial charge in [-0.25, -0.2) is 9.18 Å². The third kappa shape index (κ3) is 3.58. The largest absolute Gasteiger partial charge is 0.479 e. The summed E-state index contributed by atoms with van der Waals surface area (Å²) in [5.74, 6) is -2.85. The van der Waals surface area contributed by atoms with Gasteiger partial charge >= 0.3 is 5.97 Å². The first-order chi connectivity index (χ1) is 9.99. The van der Waals surface area contributed by atoms with Gasteiger partial charge in [-0.15, -0.1) is 0 Å². The van der Waals surface area contributed by atoms with Crippen LogP contribution in [-0.2, 0) is 4.79 Å². The average molecular weight is 308 g/mol. The molecule has 1 atom stereocenters. The lowest BCUT2D eigenvalue weighted by Crippen LogP contribution is -2.34. The Morgan fingerprint density at radius 3 is 2.43 bits per heavy atom. The van der Waals surface area contributed by atoms with Crippen molar-refractivity contribution in [3.63, 3.8) is 0 Å². The molecule has 0 aliphatic carbocycles. The highest BCUT2D eigenvalue weighted by atomic mass is 35.5. The molecule has 0 saturated heterocycles. The normalized spacial score (nSPS) is 11.7. The summed E-state index contributed by atoms with van der Waals surface area (Å²) >= 11 is 5.71. The second kappa shape index (κ2) is 6.37. The van der Waals surface area contributed by atoms with Crippen LogP contribution in [0.5, 0.6) is 0 Å². The molecule has 0 heterocycles. The Hall–Kier alpha value is -2.40.